The third kappa shape index (κ3) is 3.02. The zero-order chi connectivity index (χ0) is 19.3. The lowest BCUT2D eigenvalue weighted by atomic mass is 9.93. The maximum absolute atomic E-state index is 13.0. The van der Waals surface area contributed by atoms with E-state index in [0.29, 0.717) is 0 Å². The smallest absolute Gasteiger partial charge is 0.198 e. The van der Waals surface area contributed by atoms with Crippen molar-refractivity contribution in [1.82, 2.24) is 0 Å². The van der Waals surface area contributed by atoms with Crippen molar-refractivity contribution in [3.63, 3.8) is 0 Å². The molecule has 1 unspecified atom stereocenters. The fraction of sp³-hybridized carbons (Fsp3) is 1.00. The molecule has 0 aromatic rings. The van der Waals surface area contributed by atoms with Gasteiger partial charge in [0.2, 0.25) is 0 Å². The van der Waals surface area contributed by atoms with Crippen LogP contribution in [0.2, 0.25) is 0 Å². The molecule has 0 nitrogen and oxygen atoms in total. The van der Waals surface area contributed by atoms with E-state index < -0.39 is 47.0 Å². The van der Waals surface area contributed by atoms with Gasteiger partial charge in [0.1, 0.15) is 5.38 Å². The average Bonchev–Trinajstić information content (AvgIpc) is 2.35. The van der Waals surface area contributed by atoms with Crippen molar-refractivity contribution in [2.45, 2.75) is 41.2 Å². The van der Waals surface area contributed by atoms with E-state index in [1.54, 1.807) is 0 Å². The van der Waals surface area contributed by atoms with E-state index in [4.69, 9.17) is 0 Å². The van der Waals surface area contributed by atoms with E-state index in [0.717, 1.165) is 0 Å². The molecule has 0 aromatic carbocycles. The van der Waals surface area contributed by atoms with E-state index in [1.165, 1.54) is 0 Å². The summed E-state index contributed by atoms with van der Waals surface area (Å²) in [5.41, 5.74) is 0. The third-order valence-corrected chi connectivity index (χ3v) is 3.38. The van der Waals surface area contributed by atoms with Gasteiger partial charge < -0.3 is 0 Å². The lowest BCUT2D eigenvalue weighted by Gasteiger charge is -2.40. The molecule has 0 N–H and O–H groups in total. The van der Waals surface area contributed by atoms with Crippen LogP contribution in [-0.2, 0) is 0 Å². The lowest BCUT2D eigenvalue weighted by molar-refractivity contribution is -0.439. The standard InChI is InChI=1S/C8H3Cl2F13/c9-1-2(10)3(11,12)4(13,14)5(15,16)6(17,18)7(19,20)8(21,22)23/h2H,1H2. The molecular weight excluding hydrogens is 414 g/mol. The minimum atomic E-state index is -7.92. The fourth-order valence-electron chi connectivity index (χ4n) is 1.08. The van der Waals surface area contributed by atoms with Crippen molar-refractivity contribution >= 4 is 23.2 Å². The summed E-state index contributed by atoms with van der Waals surface area (Å²) in [6.07, 6.45) is -7.43. The molecule has 0 aromatic heterocycles. The Morgan fingerprint density at radius 2 is 0.870 bits per heavy atom. The van der Waals surface area contributed by atoms with Crippen molar-refractivity contribution in [1.29, 1.82) is 0 Å². The number of alkyl halides is 15. The van der Waals surface area contributed by atoms with Gasteiger partial charge in [-0.2, -0.15) is 57.1 Å². The number of hydrogen-bond donors (Lipinski definition) is 0. The quantitative estimate of drug-likeness (QED) is 0.392. The molecule has 0 fully saturated rings. The van der Waals surface area contributed by atoms with E-state index in [2.05, 4.69) is 23.2 Å². The van der Waals surface area contributed by atoms with Gasteiger partial charge in [0, 0.05) is 5.88 Å². The maximum Gasteiger partial charge on any atom is 0.460 e. The minimum Gasteiger partial charge on any atom is -0.198 e. The van der Waals surface area contributed by atoms with Crippen LogP contribution >= 0.6 is 23.2 Å². The molecule has 0 saturated carbocycles. The van der Waals surface area contributed by atoms with Crippen LogP contribution in [0.25, 0.3) is 0 Å². The van der Waals surface area contributed by atoms with Crippen molar-refractivity contribution in [3.8, 4) is 0 Å². The summed E-state index contributed by atoms with van der Waals surface area (Å²) in [5, 5.41) is -3.47. The first-order valence-corrected chi connectivity index (χ1v) is 5.86. The first-order valence-electron chi connectivity index (χ1n) is 4.89. The second-order valence-electron chi connectivity index (χ2n) is 4.04. The summed E-state index contributed by atoms with van der Waals surface area (Å²) in [6, 6.07) is 0. The Kier molecular flexibility index (Phi) is 5.80. The van der Waals surface area contributed by atoms with Gasteiger partial charge in [-0.25, -0.2) is 0 Å². The highest BCUT2D eigenvalue weighted by atomic mass is 35.5. The second-order valence-corrected chi connectivity index (χ2v) is 4.88. The second kappa shape index (κ2) is 5.88. The largest absolute Gasteiger partial charge is 0.460 e. The molecule has 0 amide bonds. The number of rotatable bonds is 6. The van der Waals surface area contributed by atoms with Crippen LogP contribution in [0, 0.1) is 0 Å². The molecule has 0 aliphatic rings. The predicted octanol–water partition coefficient (Wildman–Crippen LogP) is 5.57. The third-order valence-electron chi connectivity index (χ3n) is 2.49. The molecule has 0 rings (SSSR count). The first-order chi connectivity index (χ1) is 9.73. The minimum absolute atomic E-state index is 1.73. The SMILES string of the molecule is FC(F)(F)C(F)(F)C(F)(F)C(F)(F)C(F)(F)C(F)(F)C(Cl)CCl. The van der Waals surface area contributed by atoms with E-state index in [9.17, 15) is 57.1 Å². The van der Waals surface area contributed by atoms with E-state index >= 15 is 0 Å². The van der Waals surface area contributed by atoms with Crippen molar-refractivity contribution in [2.75, 3.05) is 5.88 Å². The topological polar surface area (TPSA) is 0 Å². The molecule has 0 bridgehead atoms. The van der Waals surface area contributed by atoms with Gasteiger partial charge in [0.15, 0.2) is 0 Å². The molecule has 0 aliphatic heterocycles. The normalized spacial score (nSPS) is 17.3. The van der Waals surface area contributed by atoms with Gasteiger partial charge in [-0.1, -0.05) is 0 Å². The molecule has 0 spiro atoms. The van der Waals surface area contributed by atoms with E-state index in [-0.39, 0.29) is 0 Å². The van der Waals surface area contributed by atoms with Crippen LogP contribution in [0.1, 0.15) is 0 Å². The van der Waals surface area contributed by atoms with Gasteiger partial charge in [-0.15, -0.1) is 23.2 Å². The van der Waals surface area contributed by atoms with Gasteiger partial charge in [-0.05, 0) is 0 Å². The Morgan fingerprint density at radius 3 is 1.13 bits per heavy atom. The van der Waals surface area contributed by atoms with Crippen molar-refractivity contribution < 1.29 is 57.1 Å². The number of hydrogen-bond acceptors (Lipinski definition) is 0. The summed E-state index contributed by atoms with van der Waals surface area (Å²) in [7, 11) is 0. The van der Waals surface area contributed by atoms with Crippen LogP contribution in [0.4, 0.5) is 57.1 Å². The summed E-state index contributed by atoms with van der Waals surface area (Å²) in [5.74, 6) is -39.0. The highest BCUT2D eigenvalue weighted by Crippen LogP contribution is 2.61. The van der Waals surface area contributed by atoms with Gasteiger partial charge in [-0.3, -0.25) is 0 Å². The fourth-order valence-corrected chi connectivity index (χ4v) is 1.41. The average molecular weight is 417 g/mol. The monoisotopic (exact) mass is 416 g/mol. The zero-order valence-electron chi connectivity index (χ0n) is 9.95. The Morgan fingerprint density at radius 1 is 0.565 bits per heavy atom. The van der Waals surface area contributed by atoms with Gasteiger partial charge in [0.05, 0.1) is 0 Å². The Balaban J connectivity index is 6.25. The highest BCUT2D eigenvalue weighted by Gasteiger charge is 2.91. The van der Waals surface area contributed by atoms with Crippen molar-refractivity contribution in [3.05, 3.63) is 0 Å². The highest BCUT2D eigenvalue weighted by molar-refractivity contribution is 6.28. The maximum atomic E-state index is 13.0. The Bertz CT molecular complexity index is 426. The predicted molar refractivity (Wildman–Crippen MR) is 51.2 cm³/mol. The van der Waals surface area contributed by atoms with Gasteiger partial charge >= 0.3 is 35.8 Å². The molecule has 140 valence electrons. The summed E-state index contributed by atoms with van der Waals surface area (Å²) in [6.45, 7) is 0. The molecule has 1 atom stereocenters. The summed E-state index contributed by atoms with van der Waals surface area (Å²) >= 11 is 9.02. The van der Waals surface area contributed by atoms with Crippen molar-refractivity contribution in [2.24, 2.45) is 0 Å². The van der Waals surface area contributed by atoms with Gasteiger partial charge in [0.25, 0.3) is 0 Å². The lowest BCUT2D eigenvalue weighted by Crippen LogP contribution is -2.71. The molecule has 15 heteroatoms. The molecular formula is C8H3Cl2F13. The van der Waals surface area contributed by atoms with Crippen LogP contribution in [0.3, 0.4) is 0 Å². The molecule has 0 aliphatic carbocycles. The van der Waals surface area contributed by atoms with E-state index in [1.807, 2.05) is 0 Å². The number of halogens is 15. The van der Waals surface area contributed by atoms with Crippen LogP contribution in [0.5, 0.6) is 0 Å². The van der Waals surface area contributed by atoms with Crippen LogP contribution in [-0.4, -0.2) is 47.0 Å². The van der Waals surface area contributed by atoms with Crippen LogP contribution < -0.4 is 0 Å². The first kappa shape index (κ1) is 22.7. The molecule has 0 radical (unpaired) electrons. The zero-order valence-corrected chi connectivity index (χ0v) is 11.5. The summed E-state index contributed by atoms with van der Waals surface area (Å²) in [4.78, 5) is 0. The molecule has 23 heavy (non-hydrogen) atoms. The summed E-state index contributed by atoms with van der Waals surface area (Å²) < 4.78 is 163. The Hall–Kier alpha value is -0.330. The molecule has 0 heterocycles. The molecule has 0 saturated heterocycles. The Labute approximate surface area is 128 Å². The van der Waals surface area contributed by atoms with Crippen LogP contribution in [0.15, 0.2) is 0 Å².